The van der Waals surface area contributed by atoms with E-state index in [1.807, 2.05) is 11.9 Å². The van der Waals surface area contributed by atoms with Crippen LogP contribution in [0.15, 0.2) is 29.1 Å². The predicted molar refractivity (Wildman–Crippen MR) is 87.0 cm³/mol. The molecular formula is C18H18N4O2. The number of hydrogen-bond donors (Lipinski definition) is 2. The van der Waals surface area contributed by atoms with Gasteiger partial charge >= 0.3 is 0 Å². The van der Waals surface area contributed by atoms with Gasteiger partial charge in [0.05, 0.1) is 18.7 Å². The van der Waals surface area contributed by atoms with Crippen LogP contribution in [0.2, 0.25) is 0 Å². The summed E-state index contributed by atoms with van der Waals surface area (Å²) in [6.07, 6.45) is 2.89. The van der Waals surface area contributed by atoms with E-state index in [9.17, 15) is 9.90 Å². The summed E-state index contributed by atoms with van der Waals surface area (Å²) in [6, 6.07) is 10.4. The lowest BCUT2D eigenvalue weighted by atomic mass is 9.96. The molecule has 122 valence electrons. The van der Waals surface area contributed by atoms with Crippen LogP contribution in [-0.2, 0) is 0 Å². The molecule has 0 radical (unpaired) electrons. The van der Waals surface area contributed by atoms with E-state index < -0.39 is 11.4 Å². The molecule has 3 N–H and O–H groups in total. The van der Waals surface area contributed by atoms with Gasteiger partial charge in [-0.25, -0.2) is 0 Å². The lowest BCUT2D eigenvalue weighted by Gasteiger charge is -2.13. The van der Waals surface area contributed by atoms with Crippen molar-refractivity contribution in [2.24, 2.45) is 0 Å². The zero-order valence-corrected chi connectivity index (χ0v) is 13.4. The highest BCUT2D eigenvalue weighted by molar-refractivity contribution is 5.77. The fraction of sp³-hybridized carbons (Fsp3) is 0.278. The summed E-state index contributed by atoms with van der Waals surface area (Å²) in [5, 5.41) is 32.1. The standard InChI is InChI=1S/C14H9N3O2.C4H9N/c1-8-2-4-9(5-3-8)12-10(6-15)13(18)17-14(19)11(12)7-16;1-2-4-5-3-1/h2-5H,1H3,(H2,17,18,19);5H,1-4H2. The van der Waals surface area contributed by atoms with Gasteiger partial charge in [0.1, 0.15) is 17.7 Å². The number of rotatable bonds is 1. The van der Waals surface area contributed by atoms with Gasteiger partial charge in [-0.1, -0.05) is 29.8 Å². The number of benzene rings is 1. The minimum absolute atomic E-state index is 0.0961. The lowest BCUT2D eigenvalue weighted by molar-refractivity contribution is -0.635. The molecule has 0 atom stereocenters. The molecule has 0 aliphatic carbocycles. The summed E-state index contributed by atoms with van der Waals surface area (Å²) in [4.78, 5) is 13.6. The van der Waals surface area contributed by atoms with E-state index >= 15 is 0 Å². The number of pyridine rings is 1. The van der Waals surface area contributed by atoms with Gasteiger partial charge in [0.15, 0.2) is 0 Å². The van der Waals surface area contributed by atoms with Crippen LogP contribution in [0.25, 0.3) is 11.1 Å². The maximum Gasteiger partial charge on any atom is 0.266 e. The number of aromatic amines is 1. The average Bonchev–Trinajstić information content (AvgIpc) is 3.15. The SMILES string of the molecule is C1CC[NH2+]C1.Cc1ccc(-c2c(C#N)c([O-])[nH]c(=O)c2C#N)cc1. The normalized spacial score (nSPS) is 12.6. The van der Waals surface area contributed by atoms with Crippen LogP contribution < -0.4 is 16.0 Å². The molecule has 1 aliphatic heterocycles. The van der Waals surface area contributed by atoms with Crippen LogP contribution in [0.1, 0.15) is 29.5 Å². The molecular weight excluding hydrogens is 304 g/mol. The molecule has 6 heteroatoms. The van der Waals surface area contributed by atoms with Crippen LogP contribution >= 0.6 is 0 Å². The Morgan fingerprint density at radius 1 is 1.08 bits per heavy atom. The van der Waals surface area contributed by atoms with E-state index in [-0.39, 0.29) is 16.7 Å². The number of H-pyrrole nitrogens is 1. The number of quaternary nitrogens is 1. The highest BCUT2D eigenvalue weighted by Crippen LogP contribution is 2.28. The Morgan fingerprint density at radius 3 is 2.12 bits per heavy atom. The Labute approximate surface area is 140 Å². The molecule has 24 heavy (non-hydrogen) atoms. The van der Waals surface area contributed by atoms with Crippen molar-refractivity contribution in [2.75, 3.05) is 13.1 Å². The molecule has 0 amide bonds. The van der Waals surface area contributed by atoms with E-state index in [0.717, 1.165) is 5.56 Å². The van der Waals surface area contributed by atoms with Crippen molar-refractivity contribution in [3.05, 3.63) is 51.3 Å². The third kappa shape index (κ3) is 3.81. The predicted octanol–water partition coefficient (Wildman–Crippen LogP) is 0.511. The van der Waals surface area contributed by atoms with Gasteiger partial charge < -0.3 is 15.4 Å². The van der Waals surface area contributed by atoms with Gasteiger partial charge in [-0.3, -0.25) is 4.79 Å². The molecule has 1 aliphatic rings. The highest BCUT2D eigenvalue weighted by atomic mass is 16.3. The first-order chi connectivity index (χ1) is 11.6. The van der Waals surface area contributed by atoms with Crippen molar-refractivity contribution in [1.82, 2.24) is 4.98 Å². The quantitative estimate of drug-likeness (QED) is 0.794. The van der Waals surface area contributed by atoms with Gasteiger partial charge in [-0.05, 0) is 18.4 Å². The Balaban J connectivity index is 0.000000355. The Bertz CT molecular complexity index is 843. The molecule has 0 unspecified atom stereocenters. The molecule has 1 aromatic carbocycles. The fourth-order valence-electron chi connectivity index (χ4n) is 2.52. The summed E-state index contributed by atoms with van der Waals surface area (Å²) < 4.78 is 0. The number of nitriles is 2. The van der Waals surface area contributed by atoms with Crippen molar-refractivity contribution in [2.45, 2.75) is 19.8 Å². The van der Waals surface area contributed by atoms with E-state index in [1.54, 1.807) is 36.4 Å². The molecule has 0 bridgehead atoms. The summed E-state index contributed by atoms with van der Waals surface area (Å²) in [5.41, 5.74) is 0.371. The number of hydrogen-bond acceptors (Lipinski definition) is 4. The largest absolute Gasteiger partial charge is 0.859 e. The third-order valence-corrected chi connectivity index (χ3v) is 3.81. The summed E-state index contributed by atoms with van der Waals surface area (Å²) >= 11 is 0. The van der Waals surface area contributed by atoms with E-state index in [2.05, 4.69) is 5.32 Å². The monoisotopic (exact) mass is 322 g/mol. The van der Waals surface area contributed by atoms with Gasteiger partial charge in [0, 0.05) is 18.4 Å². The molecule has 1 saturated heterocycles. The molecule has 1 fully saturated rings. The maximum atomic E-state index is 11.6. The molecule has 3 rings (SSSR count). The second-order valence-corrected chi connectivity index (χ2v) is 5.57. The van der Waals surface area contributed by atoms with Crippen LogP contribution in [0.4, 0.5) is 0 Å². The van der Waals surface area contributed by atoms with Gasteiger partial charge in [-0.15, -0.1) is 0 Å². The highest BCUT2D eigenvalue weighted by Gasteiger charge is 2.15. The third-order valence-electron chi connectivity index (χ3n) is 3.81. The number of nitrogens with zero attached hydrogens (tertiary/aromatic N) is 2. The lowest BCUT2D eigenvalue weighted by Crippen LogP contribution is -2.80. The van der Waals surface area contributed by atoms with Crippen molar-refractivity contribution >= 4 is 0 Å². The van der Waals surface area contributed by atoms with Crippen LogP contribution in [0.5, 0.6) is 5.88 Å². The molecule has 0 saturated carbocycles. The molecule has 2 aromatic rings. The van der Waals surface area contributed by atoms with Crippen LogP contribution in [0.3, 0.4) is 0 Å². The first-order valence-electron chi connectivity index (χ1n) is 7.74. The Kier molecular flexibility index (Phi) is 5.73. The zero-order chi connectivity index (χ0) is 17.5. The topological polar surface area (TPSA) is 120 Å². The second-order valence-electron chi connectivity index (χ2n) is 5.57. The number of nitrogens with two attached hydrogens (primary N) is 1. The average molecular weight is 322 g/mol. The first kappa shape index (κ1) is 17.3. The summed E-state index contributed by atoms with van der Waals surface area (Å²) in [6.45, 7) is 4.64. The van der Waals surface area contributed by atoms with E-state index in [1.165, 1.54) is 25.9 Å². The summed E-state index contributed by atoms with van der Waals surface area (Å²) in [7, 11) is 0. The minimum atomic E-state index is -0.776. The van der Waals surface area contributed by atoms with Crippen molar-refractivity contribution in [3.8, 4) is 29.1 Å². The van der Waals surface area contributed by atoms with Crippen LogP contribution in [0, 0.1) is 29.6 Å². The fourth-order valence-corrected chi connectivity index (χ4v) is 2.52. The van der Waals surface area contributed by atoms with E-state index in [4.69, 9.17) is 10.5 Å². The molecule has 6 nitrogen and oxygen atoms in total. The van der Waals surface area contributed by atoms with Gasteiger partial charge in [0.25, 0.3) is 5.56 Å². The van der Waals surface area contributed by atoms with Gasteiger partial charge in [-0.2, -0.15) is 10.5 Å². The number of nitrogens with one attached hydrogen (secondary N) is 1. The first-order valence-corrected chi connectivity index (χ1v) is 7.74. The van der Waals surface area contributed by atoms with E-state index in [0.29, 0.717) is 5.56 Å². The number of aromatic nitrogens is 1. The molecule has 0 spiro atoms. The summed E-state index contributed by atoms with van der Waals surface area (Å²) in [5.74, 6) is -0.776. The number of aryl methyl sites for hydroxylation is 1. The maximum absolute atomic E-state index is 11.6. The zero-order valence-electron chi connectivity index (χ0n) is 13.4. The van der Waals surface area contributed by atoms with Crippen molar-refractivity contribution < 1.29 is 10.4 Å². The smallest absolute Gasteiger partial charge is 0.266 e. The molecule has 1 aromatic heterocycles. The Morgan fingerprint density at radius 2 is 1.67 bits per heavy atom. The van der Waals surface area contributed by atoms with Crippen molar-refractivity contribution in [3.63, 3.8) is 0 Å². The second kappa shape index (κ2) is 7.96. The minimum Gasteiger partial charge on any atom is -0.859 e. The van der Waals surface area contributed by atoms with Gasteiger partial charge in [0.2, 0.25) is 0 Å². The van der Waals surface area contributed by atoms with Crippen molar-refractivity contribution in [1.29, 1.82) is 10.5 Å². The molecule has 2 heterocycles. The van der Waals surface area contributed by atoms with Crippen LogP contribution in [-0.4, -0.2) is 18.1 Å². The Hall–Kier alpha value is -3.09.